The van der Waals surface area contributed by atoms with Crippen molar-refractivity contribution in [2.45, 2.75) is 64.5 Å². The topological polar surface area (TPSA) is 48.1 Å². The van der Waals surface area contributed by atoms with Crippen LogP contribution in [0.15, 0.2) is 18.3 Å². The molecule has 2 N–H and O–H groups in total. The standard InChI is InChI=1S/C16H26N2O/c1-3-13-5-4-6-15(10-13)19-16-8-7-14(18-11-16)9-12(2)17/h7-8,11-13,15H,3-6,9-10,17H2,1-2H3. The van der Waals surface area contributed by atoms with Gasteiger partial charge in [-0.1, -0.05) is 19.8 Å². The molecular weight excluding hydrogens is 236 g/mol. The van der Waals surface area contributed by atoms with Crippen LogP contribution in [-0.2, 0) is 6.42 Å². The van der Waals surface area contributed by atoms with E-state index in [2.05, 4.69) is 11.9 Å². The second kappa shape index (κ2) is 6.90. The number of hydrogen-bond donors (Lipinski definition) is 1. The van der Waals surface area contributed by atoms with Gasteiger partial charge in [-0.2, -0.15) is 0 Å². The molecule has 1 heterocycles. The van der Waals surface area contributed by atoms with Gasteiger partial charge in [-0.05, 0) is 44.2 Å². The summed E-state index contributed by atoms with van der Waals surface area (Å²) in [4.78, 5) is 4.42. The first-order valence-electron chi connectivity index (χ1n) is 7.54. The highest BCUT2D eigenvalue weighted by Gasteiger charge is 2.22. The summed E-state index contributed by atoms with van der Waals surface area (Å²) >= 11 is 0. The maximum absolute atomic E-state index is 6.05. The minimum absolute atomic E-state index is 0.155. The fourth-order valence-electron chi connectivity index (χ4n) is 2.84. The van der Waals surface area contributed by atoms with Gasteiger partial charge >= 0.3 is 0 Å². The van der Waals surface area contributed by atoms with Crippen LogP contribution in [0.4, 0.5) is 0 Å². The summed E-state index contributed by atoms with van der Waals surface area (Å²) in [6.07, 6.45) is 9.33. The highest BCUT2D eigenvalue weighted by Crippen LogP contribution is 2.29. The third-order valence-corrected chi connectivity index (χ3v) is 3.94. The molecule has 1 fully saturated rings. The average Bonchev–Trinajstić information content (AvgIpc) is 2.41. The van der Waals surface area contributed by atoms with Crippen LogP contribution in [0, 0.1) is 5.92 Å². The summed E-state index contributed by atoms with van der Waals surface area (Å²) in [5.74, 6) is 1.74. The molecule has 0 aromatic carbocycles. The molecule has 3 heteroatoms. The molecule has 0 saturated heterocycles. The molecule has 0 spiro atoms. The van der Waals surface area contributed by atoms with E-state index in [9.17, 15) is 0 Å². The Balaban J connectivity index is 1.88. The van der Waals surface area contributed by atoms with Crippen molar-refractivity contribution in [3.8, 4) is 5.75 Å². The van der Waals surface area contributed by atoms with Gasteiger partial charge in [0.1, 0.15) is 5.75 Å². The normalized spacial score (nSPS) is 25.0. The number of hydrogen-bond acceptors (Lipinski definition) is 3. The minimum Gasteiger partial charge on any atom is -0.489 e. The molecule has 1 aliphatic carbocycles. The summed E-state index contributed by atoms with van der Waals surface area (Å²) in [7, 11) is 0. The molecule has 0 radical (unpaired) electrons. The zero-order valence-electron chi connectivity index (χ0n) is 12.1. The summed E-state index contributed by atoms with van der Waals surface area (Å²) in [6, 6.07) is 4.21. The molecule has 19 heavy (non-hydrogen) atoms. The highest BCUT2D eigenvalue weighted by molar-refractivity contribution is 5.20. The van der Waals surface area contributed by atoms with E-state index in [0.29, 0.717) is 6.10 Å². The molecule has 0 bridgehead atoms. The Morgan fingerprint density at radius 2 is 2.26 bits per heavy atom. The molecule has 1 saturated carbocycles. The average molecular weight is 262 g/mol. The zero-order valence-corrected chi connectivity index (χ0v) is 12.1. The maximum Gasteiger partial charge on any atom is 0.138 e. The smallest absolute Gasteiger partial charge is 0.138 e. The molecule has 2 rings (SSSR count). The van der Waals surface area contributed by atoms with Gasteiger partial charge in [-0.15, -0.1) is 0 Å². The van der Waals surface area contributed by atoms with Crippen molar-refractivity contribution in [2.24, 2.45) is 11.7 Å². The predicted octanol–water partition coefficient (Wildman–Crippen LogP) is 3.32. The van der Waals surface area contributed by atoms with Crippen molar-refractivity contribution in [3.63, 3.8) is 0 Å². The van der Waals surface area contributed by atoms with Crippen molar-refractivity contribution in [1.29, 1.82) is 0 Å². The summed E-state index contributed by atoms with van der Waals surface area (Å²) in [5, 5.41) is 0. The number of nitrogens with zero attached hydrogens (tertiary/aromatic N) is 1. The number of ether oxygens (including phenoxy) is 1. The van der Waals surface area contributed by atoms with Crippen LogP contribution in [0.1, 0.15) is 51.6 Å². The summed E-state index contributed by atoms with van der Waals surface area (Å²) < 4.78 is 6.05. The third kappa shape index (κ3) is 4.50. The van der Waals surface area contributed by atoms with Gasteiger partial charge in [0.15, 0.2) is 0 Å². The van der Waals surface area contributed by atoms with Crippen molar-refractivity contribution < 1.29 is 4.74 Å². The molecule has 3 nitrogen and oxygen atoms in total. The van der Waals surface area contributed by atoms with E-state index in [-0.39, 0.29) is 6.04 Å². The van der Waals surface area contributed by atoms with Gasteiger partial charge in [-0.3, -0.25) is 4.98 Å². The molecule has 106 valence electrons. The SMILES string of the molecule is CCC1CCCC(Oc2ccc(CC(C)N)nc2)C1. The Hall–Kier alpha value is -1.09. The Bertz CT molecular complexity index is 375. The van der Waals surface area contributed by atoms with E-state index in [1.807, 2.05) is 25.3 Å². The monoisotopic (exact) mass is 262 g/mol. The molecule has 1 aromatic heterocycles. The van der Waals surface area contributed by atoms with Crippen LogP contribution in [0.2, 0.25) is 0 Å². The Morgan fingerprint density at radius 3 is 2.89 bits per heavy atom. The van der Waals surface area contributed by atoms with Crippen LogP contribution in [0.3, 0.4) is 0 Å². The van der Waals surface area contributed by atoms with Crippen molar-refractivity contribution in [2.75, 3.05) is 0 Å². The summed E-state index contributed by atoms with van der Waals surface area (Å²) in [6.45, 7) is 4.27. The zero-order chi connectivity index (χ0) is 13.7. The van der Waals surface area contributed by atoms with E-state index in [4.69, 9.17) is 10.5 Å². The van der Waals surface area contributed by atoms with Crippen LogP contribution in [0.5, 0.6) is 5.75 Å². The van der Waals surface area contributed by atoms with E-state index < -0.39 is 0 Å². The van der Waals surface area contributed by atoms with Crippen molar-refractivity contribution in [3.05, 3.63) is 24.0 Å². The van der Waals surface area contributed by atoms with Gasteiger partial charge in [-0.25, -0.2) is 0 Å². The van der Waals surface area contributed by atoms with Crippen LogP contribution in [-0.4, -0.2) is 17.1 Å². The van der Waals surface area contributed by atoms with Gasteiger partial charge in [0.25, 0.3) is 0 Å². The third-order valence-electron chi connectivity index (χ3n) is 3.94. The lowest BCUT2D eigenvalue weighted by Gasteiger charge is -2.28. The number of aromatic nitrogens is 1. The molecule has 0 aliphatic heterocycles. The quantitative estimate of drug-likeness (QED) is 0.885. The van der Waals surface area contributed by atoms with E-state index in [1.54, 1.807) is 0 Å². The predicted molar refractivity (Wildman–Crippen MR) is 78.3 cm³/mol. The van der Waals surface area contributed by atoms with E-state index in [1.165, 1.54) is 32.1 Å². The van der Waals surface area contributed by atoms with Crippen molar-refractivity contribution >= 4 is 0 Å². The van der Waals surface area contributed by atoms with Gasteiger partial charge < -0.3 is 10.5 Å². The lowest BCUT2D eigenvalue weighted by molar-refractivity contribution is 0.121. The lowest BCUT2D eigenvalue weighted by Crippen LogP contribution is -2.25. The molecule has 1 aliphatic rings. The first kappa shape index (κ1) is 14.3. The van der Waals surface area contributed by atoms with Crippen LogP contribution >= 0.6 is 0 Å². The van der Waals surface area contributed by atoms with Gasteiger partial charge in [0.05, 0.1) is 12.3 Å². The number of pyridine rings is 1. The maximum atomic E-state index is 6.05. The second-order valence-corrected chi connectivity index (χ2v) is 5.85. The van der Waals surface area contributed by atoms with Crippen molar-refractivity contribution in [1.82, 2.24) is 4.98 Å². The second-order valence-electron chi connectivity index (χ2n) is 5.85. The van der Waals surface area contributed by atoms with E-state index >= 15 is 0 Å². The fourth-order valence-corrected chi connectivity index (χ4v) is 2.84. The van der Waals surface area contributed by atoms with Gasteiger partial charge in [0, 0.05) is 18.2 Å². The molecule has 1 aromatic rings. The van der Waals surface area contributed by atoms with Crippen LogP contribution in [0.25, 0.3) is 0 Å². The minimum atomic E-state index is 0.155. The van der Waals surface area contributed by atoms with Gasteiger partial charge in [0.2, 0.25) is 0 Å². The Labute approximate surface area is 116 Å². The molecular formula is C16H26N2O. The van der Waals surface area contributed by atoms with Crippen LogP contribution < -0.4 is 10.5 Å². The highest BCUT2D eigenvalue weighted by atomic mass is 16.5. The molecule has 0 amide bonds. The molecule has 3 atom stereocenters. The lowest BCUT2D eigenvalue weighted by atomic mass is 9.85. The molecule has 3 unspecified atom stereocenters. The van der Waals surface area contributed by atoms with E-state index in [0.717, 1.165) is 23.8 Å². The number of rotatable bonds is 5. The summed E-state index contributed by atoms with van der Waals surface area (Å²) in [5.41, 5.74) is 6.81. The fraction of sp³-hybridized carbons (Fsp3) is 0.688. The Morgan fingerprint density at radius 1 is 1.42 bits per heavy atom. The number of nitrogens with two attached hydrogens (primary N) is 1. The first-order chi connectivity index (χ1) is 9.17. The first-order valence-corrected chi connectivity index (χ1v) is 7.54. The Kier molecular flexibility index (Phi) is 5.20. The largest absolute Gasteiger partial charge is 0.489 e.